The van der Waals surface area contributed by atoms with Crippen molar-refractivity contribution in [2.45, 2.75) is 40.4 Å². The van der Waals surface area contributed by atoms with E-state index in [1.807, 2.05) is 20.8 Å². The summed E-state index contributed by atoms with van der Waals surface area (Å²) < 4.78 is 0. The van der Waals surface area contributed by atoms with Crippen molar-refractivity contribution in [3.63, 3.8) is 0 Å². The smallest absolute Gasteiger partial charge is 0.181 e. The molecule has 0 rings (SSSR count). The molecule has 0 fully saturated rings. The van der Waals surface area contributed by atoms with Crippen LogP contribution in [0.15, 0.2) is 23.9 Å². The zero-order valence-corrected chi connectivity index (χ0v) is 11.3. The van der Waals surface area contributed by atoms with Crippen LogP contribution in [0.5, 0.6) is 0 Å². The summed E-state index contributed by atoms with van der Waals surface area (Å²) in [5.41, 5.74) is 2.62. The lowest BCUT2D eigenvalue weighted by atomic mass is 9.85. The van der Waals surface area contributed by atoms with Gasteiger partial charge in [0.15, 0.2) is 5.78 Å². The third-order valence-corrected chi connectivity index (χ3v) is 3.10. The molecule has 14 heavy (non-hydrogen) atoms. The third-order valence-electron chi connectivity index (χ3n) is 1.94. The second-order valence-corrected chi connectivity index (χ2v) is 10.9. The maximum Gasteiger partial charge on any atom is 0.181 e. The highest BCUT2D eigenvalue weighted by Gasteiger charge is 2.20. The van der Waals surface area contributed by atoms with E-state index in [2.05, 4.69) is 31.9 Å². The molecule has 0 bridgehead atoms. The second kappa shape index (κ2) is 4.26. The van der Waals surface area contributed by atoms with Gasteiger partial charge in [-0.25, -0.2) is 0 Å². The summed E-state index contributed by atoms with van der Waals surface area (Å²) in [7, 11) is -1.27. The summed E-state index contributed by atoms with van der Waals surface area (Å²) in [6.45, 7) is 16.5. The molecule has 0 aliphatic carbocycles. The number of rotatable bonds is 3. The predicted molar refractivity (Wildman–Crippen MR) is 66.1 cm³/mol. The van der Waals surface area contributed by atoms with E-state index >= 15 is 0 Å². The number of hydrogen-bond acceptors (Lipinski definition) is 1. The van der Waals surface area contributed by atoms with Crippen molar-refractivity contribution >= 4 is 13.9 Å². The molecule has 0 aliphatic heterocycles. The molecule has 0 heterocycles. The lowest BCUT2D eigenvalue weighted by molar-refractivity contribution is -0.112. The molecule has 0 spiro atoms. The van der Waals surface area contributed by atoms with Gasteiger partial charge in [-0.3, -0.25) is 4.79 Å². The van der Waals surface area contributed by atoms with Crippen LogP contribution in [0.4, 0.5) is 0 Å². The number of ketones is 1. The molecule has 0 saturated carbocycles. The standard InChI is InChI=1S/C12H22OSi/c1-10(12(2,3)4)11(13)8-9-14(5,6)7/h8-9H,1H2,2-7H3. The topological polar surface area (TPSA) is 17.1 Å². The number of carbonyl (C=O) groups is 1. The summed E-state index contributed by atoms with van der Waals surface area (Å²) in [5, 5.41) is 0. The van der Waals surface area contributed by atoms with Gasteiger partial charge in [0, 0.05) is 0 Å². The van der Waals surface area contributed by atoms with Crippen LogP contribution in [-0.4, -0.2) is 13.9 Å². The van der Waals surface area contributed by atoms with E-state index < -0.39 is 8.07 Å². The van der Waals surface area contributed by atoms with Gasteiger partial charge in [0.1, 0.15) is 0 Å². The zero-order chi connectivity index (χ0) is 11.6. The lowest BCUT2D eigenvalue weighted by Crippen LogP contribution is -2.19. The molecule has 80 valence electrons. The molecular formula is C12H22OSi. The Labute approximate surface area is 88.9 Å². The van der Waals surface area contributed by atoms with Crippen molar-refractivity contribution in [1.82, 2.24) is 0 Å². The highest BCUT2D eigenvalue weighted by molar-refractivity contribution is 6.81. The zero-order valence-electron chi connectivity index (χ0n) is 10.3. The van der Waals surface area contributed by atoms with Crippen LogP contribution in [0.25, 0.3) is 0 Å². The molecule has 0 saturated heterocycles. The number of allylic oxidation sites excluding steroid dienone is 2. The molecule has 2 heteroatoms. The fraction of sp³-hybridized carbons (Fsp3) is 0.583. The highest BCUT2D eigenvalue weighted by atomic mass is 28.3. The lowest BCUT2D eigenvalue weighted by Gasteiger charge is -2.19. The van der Waals surface area contributed by atoms with Gasteiger partial charge >= 0.3 is 0 Å². The van der Waals surface area contributed by atoms with E-state index in [0.29, 0.717) is 5.57 Å². The normalized spacial score (nSPS) is 13.3. The van der Waals surface area contributed by atoms with E-state index in [-0.39, 0.29) is 11.2 Å². The molecule has 0 amide bonds. The summed E-state index contributed by atoms with van der Waals surface area (Å²) in [6, 6.07) is 0. The van der Waals surface area contributed by atoms with Gasteiger partial charge in [0.05, 0.1) is 8.07 Å². The van der Waals surface area contributed by atoms with Gasteiger partial charge in [-0.15, -0.1) is 0 Å². The molecule has 0 radical (unpaired) electrons. The van der Waals surface area contributed by atoms with Crippen LogP contribution in [0, 0.1) is 5.41 Å². The third kappa shape index (κ3) is 5.17. The summed E-state index contributed by atoms with van der Waals surface area (Å²) in [5.74, 6) is 0.0694. The van der Waals surface area contributed by atoms with Crippen molar-refractivity contribution < 1.29 is 4.79 Å². The molecule has 0 N–H and O–H groups in total. The fourth-order valence-corrected chi connectivity index (χ4v) is 1.45. The van der Waals surface area contributed by atoms with E-state index in [1.165, 1.54) is 0 Å². The summed E-state index contributed by atoms with van der Waals surface area (Å²) in [6.07, 6.45) is 1.69. The maximum atomic E-state index is 11.7. The first-order valence-electron chi connectivity index (χ1n) is 4.97. The Balaban J connectivity index is 4.54. The molecule has 0 atom stereocenters. The van der Waals surface area contributed by atoms with Crippen molar-refractivity contribution in [3.05, 3.63) is 23.9 Å². The molecule has 0 aromatic rings. The van der Waals surface area contributed by atoms with E-state index in [0.717, 1.165) is 0 Å². The summed E-state index contributed by atoms with van der Waals surface area (Å²) >= 11 is 0. The minimum absolute atomic E-state index is 0.0694. The first kappa shape index (κ1) is 13.4. The van der Waals surface area contributed by atoms with Crippen LogP contribution >= 0.6 is 0 Å². The quantitative estimate of drug-likeness (QED) is 0.514. The molecular weight excluding hydrogens is 188 g/mol. The molecule has 1 nitrogen and oxygen atoms in total. The maximum absolute atomic E-state index is 11.7. The average molecular weight is 210 g/mol. The van der Waals surface area contributed by atoms with Crippen LogP contribution < -0.4 is 0 Å². The van der Waals surface area contributed by atoms with Gasteiger partial charge in [0.25, 0.3) is 0 Å². The highest BCUT2D eigenvalue weighted by Crippen LogP contribution is 2.24. The van der Waals surface area contributed by atoms with Crippen LogP contribution in [0.1, 0.15) is 20.8 Å². The fourth-order valence-electron chi connectivity index (χ4n) is 0.796. The van der Waals surface area contributed by atoms with E-state index in [1.54, 1.807) is 6.08 Å². The van der Waals surface area contributed by atoms with Crippen molar-refractivity contribution in [2.24, 2.45) is 5.41 Å². The molecule has 0 aliphatic rings. The van der Waals surface area contributed by atoms with Gasteiger partial charge < -0.3 is 0 Å². The minimum atomic E-state index is -1.27. The molecule has 0 aromatic carbocycles. The largest absolute Gasteiger partial charge is 0.290 e. The van der Waals surface area contributed by atoms with Crippen LogP contribution in [0.2, 0.25) is 19.6 Å². The Bertz CT molecular complexity index is 261. The average Bonchev–Trinajstić information content (AvgIpc) is 1.95. The first-order chi connectivity index (χ1) is 6.04. The Morgan fingerprint density at radius 3 is 1.93 bits per heavy atom. The van der Waals surface area contributed by atoms with Crippen molar-refractivity contribution in [3.8, 4) is 0 Å². The minimum Gasteiger partial charge on any atom is -0.290 e. The summed E-state index contributed by atoms with van der Waals surface area (Å²) in [4.78, 5) is 11.7. The number of carbonyl (C=O) groups excluding carboxylic acids is 1. The first-order valence-corrected chi connectivity index (χ1v) is 8.55. The van der Waals surface area contributed by atoms with E-state index in [9.17, 15) is 4.79 Å². The van der Waals surface area contributed by atoms with Crippen LogP contribution in [0.3, 0.4) is 0 Å². The Morgan fingerprint density at radius 1 is 1.21 bits per heavy atom. The predicted octanol–water partition coefficient (Wildman–Crippen LogP) is 3.59. The van der Waals surface area contributed by atoms with Crippen LogP contribution in [-0.2, 0) is 4.79 Å². The number of hydrogen-bond donors (Lipinski definition) is 0. The van der Waals surface area contributed by atoms with Crippen molar-refractivity contribution in [2.75, 3.05) is 0 Å². The van der Waals surface area contributed by atoms with Gasteiger partial charge in [0.2, 0.25) is 0 Å². The van der Waals surface area contributed by atoms with Gasteiger partial charge in [-0.2, -0.15) is 0 Å². The Morgan fingerprint density at radius 2 is 1.64 bits per heavy atom. The Hall–Kier alpha value is -0.633. The SMILES string of the molecule is C=C(C(=O)C=C[Si](C)(C)C)C(C)(C)C. The van der Waals surface area contributed by atoms with Gasteiger partial charge in [-0.1, -0.05) is 52.7 Å². The Kier molecular flexibility index (Phi) is 4.07. The monoisotopic (exact) mass is 210 g/mol. The van der Waals surface area contributed by atoms with Gasteiger partial charge in [-0.05, 0) is 17.1 Å². The molecule has 0 unspecified atom stereocenters. The molecule has 0 aromatic heterocycles. The second-order valence-electron chi connectivity index (χ2n) is 5.79. The van der Waals surface area contributed by atoms with Crippen molar-refractivity contribution in [1.29, 1.82) is 0 Å². The van der Waals surface area contributed by atoms with E-state index in [4.69, 9.17) is 0 Å².